The standard InChI is InChI=1S/5C8H8Cl2/c1-5-3-8(10)6(2)4-7(5)9;1-5-3-6(2)8(10)4-7(5)9;1-5-6(2)8(10)4-3-7(5)9;1-5-3-4-7(9)6(2)8(5)10;1-5-3-4-6(2)8(10)7(5)9/h5*3-4H,1-2H3. The molecule has 0 bridgehead atoms. The monoisotopic (exact) mass is 870 g/mol. The molecule has 0 heterocycles. The second-order valence-corrected chi connectivity index (χ2v) is 15.6. The number of aryl methyl sites for hydroxylation is 7. The summed E-state index contributed by atoms with van der Waals surface area (Å²) >= 11 is 58.3. The zero-order valence-corrected chi connectivity index (χ0v) is 37.1. The van der Waals surface area contributed by atoms with Crippen molar-refractivity contribution in [2.75, 3.05) is 0 Å². The minimum atomic E-state index is 0.668. The fourth-order valence-corrected chi connectivity index (χ4v) is 5.87. The van der Waals surface area contributed by atoms with Crippen LogP contribution in [0.1, 0.15) is 55.6 Å². The highest BCUT2D eigenvalue weighted by atomic mass is 35.5. The van der Waals surface area contributed by atoms with Gasteiger partial charge in [-0.1, -0.05) is 140 Å². The van der Waals surface area contributed by atoms with Crippen LogP contribution in [0, 0.1) is 69.2 Å². The summed E-state index contributed by atoms with van der Waals surface area (Å²) < 4.78 is 0. The number of rotatable bonds is 0. The van der Waals surface area contributed by atoms with Gasteiger partial charge in [-0.2, -0.15) is 0 Å². The lowest BCUT2D eigenvalue weighted by molar-refractivity contribution is 1.34. The van der Waals surface area contributed by atoms with Gasteiger partial charge in [-0.25, -0.2) is 0 Å². The minimum Gasteiger partial charge on any atom is -0.0840 e. The third-order valence-corrected chi connectivity index (χ3v) is 12.0. The van der Waals surface area contributed by atoms with Gasteiger partial charge in [0.15, 0.2) is 0 Å². The fraction of sp³-hybridized carbons (Fsp3) is 0.250. The maximum atomic E-state index is 5.90. The van der Waals surface area contributed by atoms with E-state index in [0.717, 1.165) is 95.8 Å². The van der Waals surface area contributed by atoms with Crippen LogP contribution in [0.3, 0.4) is 0 Å². The predicted molar refractivity (Wildman–Crippen MR) is 230 cm³/mol. The molecule has 0 aliphatic heterocycles. The molecule has 0 unspecified atom stereocenters. The van der Waals surface area contributed by atoms with Crippen molar-refractivity contribution in [3.8, 4) is 0 Å². The van der Waals surface area contributed by atoms with Gasteiger partial charge in [-0.15, -0.1) is 0 Å². The Morgan fingerprint density at radius 1 is 0.240 bits per heavy atom. The quantitative estimate of drug-likeness (QED) is 0.145. The van der Waals surface area contributed by atoms with Crippen LogP contribution in [-0.4, -0.2) is 0 Å². The highest BCUT2D eigenvalue weighted by molar-refractivity contribution is 6.43. The van der Waals surface area contributed by atoms with E-state index in [2.05, 4.69) is 0 Å². The van der Waals surface area contributed by atoms with Crippen molar-refractivity contribution in [3.05, 3.63) is 167 Å². The van der Waals surface area contributed by atoms with Gasteiger partial charge in [0.05, 0.1) is 10.0 Å². The Kier molecular flexibility index (Phi) is 20.9. The van der Waals surface area contributed by atoms with Crippen molar-refractivity contribution in [2.45, 2.75) is 69.2 Å². The first kappa shape index (κ1) is 47.0. The molecule has 5 aromatic rings. The van der Waals surface area contributed by atoms with Crippen molar-refractivity contribution in [2.24, 2.45) is 0 Å². The summed E-state index contributed by atoms with van der Waals surface area (Å²) in [6.07, 6.45) is 0. The summed E-state index contributed by atoms with van der Waals surface area (Å²) in [6, 6.07) is 18.8. The SMILES string of the molecule is Cc1c(Cl)ccc(Cl)c1C.Cc1cc(C)c(Cl)cc1Cl.Cc1cc(Cl)c(C)cc1Cl.Cc1ccc(C)c(Cl)c1Cl.Cc1ccc(Cl)c(C)c1Cl. The maximum absolute atomic E-state index is 5.90. The summed E-state index contributed by atoms with van der Waals surface area (Å²) in [4.78, 5) is 0. The largest absolute Gasteiger partial charge is 0.0840 e. The summed E-state index contributed by atoms with van der Waals surface area (Å²) in [6.45, 7) is 19.5. The van der Waals surface area contributed by atoms with Gasteiger partial charge in [0, 0.05) is 40.2 Å². The molecule has 0 aliphatic carbocycles. The summed E-state index contributed by atoms with van der Waals surface area (Å²) in [5, 5.41) is 7.42. The van der Waals surface area contributed by atoms with Crippen LogP contribution in [0.15, 0.2) is 60.7 Å². The summed E-state index contributed by atoms with van der Waals surface area (Å²) in [7, 11) is 0. The van der Waals surface area contributed by atoms with Crippen LogP contribution in [0.25, 0.3) is 0 Å². The van der Waals surface area contributed by atoms with Gasteiger partial charge >= 0.3 is 0 Å². The fourth-order valence-electron chi connectivity index (χ4n) is 3.84. The molecule has 0 aliphatic rings. The van der Waals surface area contributed by atoms with Crippen LogP contribution in [0.2, 0.25) is 50.2 Å². The first-order valence-electron chi connectivity index (χ1n) is 15.2. The molecule has 50 heavy (non-hydrogen) atoms. The van der Waals surface area contributed by atoms with Crippen molar-refractivity contribution in [1.29, 1.82) is 0 Å². The van der Waals surface area contributed by atoms with Gasteiger partial charge in [0.25, 0.3) is 0 Å². The average Bonchev–Trinajstić information content (AvgIpc) is 3.06. The second-order valence-electron chi connectivity index (χ2n) is 11.6. The molecule has 0 atom stereocenters. The molecular weight excluding hydrogens is 835 g/mol. The lowest BCUT2D eigenvalue weighted by Gasteiger charge is -2.02. The van der Waals surface area contributed by atoms with Crippen LogP contribution in [0.5, 0.6) is 0 Å². The molecule has 0 spiro atoms. The lowest BCUT2D eigenvalue weighted by Crippen LogP contribution is -1.82. The second kappa shape index (κ2) is 22.3. The van der Waals surface area contributed by atoms with Gasteiger partial charge in [-0.05, 0) is 161 Å². The topological polar surface area (TPSA) is 0 Å². The molecule has 0 saturated heterocycles. The Labute approximate surface area is 348 Å². The van der Waals surface area contributed by atoms with E-state index in [9.17, 15) is 0 Å². The molecule has 5 aromatic carbocycles. The Morgan fingerprint density at radius 2 is 0.500 bits per heavy atom. The molecule has 0 nitrogen and oxygen atoms in total. The van der Waals surface area contributed by atoms with E-state index in [1.165, 1.54) is 0 Å². The van der Waals surface area contributed by atoms with E-state index in [1.807, 2.05) is 124 Å². The highest BCUT2D eigenvalue weighted by Gasteiger charge is 2.04. The first-order valence-corrected chi connectivity index (χ1v) is 19.0. The van der Waals surface area contributed by atoms with E-state index in [4.69, 9.17) is 116 Å². The third kappa shape index (κ3) is 14.8. The number of hydrogen-bond acceptors (Lipinski definition) is 0. The zero-order chi connectivity index (χ0) is 38.6. The zero-order valence-electron chi connectivity index (χ0n) is 29.6. The van der Waals surface area contributed by atoms with Gasteiger partial charge in [-0.3, -0.25) is 0 Å². The average molecular weight is 875 g/mol. The minimum absolute atomic E-state index is 0.668. The molecule has 0 N–H and O–H groups in total. The van der Waals surface area contributed by atoms with Crippen LogP contribution in [-0.2, 0) is 0 Å². The molecule has 0 aromatic heterocycles. The van der Waals surface area contributed by atoms with Crippen LogP contribution < -0.4 is 0 Å². The van der Waals surface area contributed by atoms with Crippen molar-refractivity contribution in [3.63, 3.8) is 0 Å². The van der Waals surface area contributed by atoms with E-state index in [0.29, 0.717) is 10.0 Å². The number of halogens is 10. The van der Waals surface area contributed by atoms with Gasteiger partial charge < -0.3 is 0 Å². The molecule has 0 radical (unpaired) electrons. The van der Waals surface area contributed by atoms with Gasteiger partial charge in [0.1, 0.15) is 0 Å². The molecule has 5 rings (SSSR count). The number of benzene rings is 5. The Balaban J connectivity index is 0.000000312. The lowest BCUT2D eigenvalue weighted by atomic mass is 10.1. The van der Waals surface area contributed by atoms with Crippen molar-refractivity contribution < 1.29 is 0 Å². The maximum Gasteiger partial charge on any atom is 0.0624 e. The van der Waals surface area contributed by atoms with E-state index in [-0.39, 0.29) is 0 Å². The van der Waals surface area contributed by atoms with Crippen molar-refractivity contribution >= 4 is 116 Å². The van der Waals surface area contributed by atoms with Crippen molar-refractivity contribution in [1.82, 2.24) is 0 Å². The molecule has 270 valence electrons. The molecule has 10 heteroatoms. The normalized spacial score (nSPS) is 10.0. The van der Waals surface area contributed by atoms with E-state index < -0.39 is 0 Å². The molecule has 0 saturated carbocycles. The first-order chi connectivity index (χ1) is 23.1. The Bertz CT molecular complexity index is 1540. The third-order valence-electron chi connectivity index (χ3n) is 7.52. The number of hydrogen-bond donors (Lipinski definition) is 0. The predicted octanol–water partition coefficient (Wildman–Crippen LogP) is 18.1. The van der Waals surface area contributed by atoms with Gasteiger partial charge in [0.2, 0.25) is 0 Å². The highest BCUT2D eigenvalue weighted by Crippen LogP contribution is 2.29. The van der Waals surface area contributed by atoms with Crippen LogP contribution >= 0.6 is 116 Å². The molecule has 0 fully saturated rings. The Hall–Kier alpha value is -1.000. The van der Waals surface area contributed by atoms with E-state index >= 15 is 0 Å². The van der Waals surface area contributed by atoms with E-state index in [1.54, 1.807) is 6.07 Å². The summed E-state index contributed by atoms with van der Waals surface area (Å²) in [5.74, 6) is 0. The molecular formula is C40H40Cl10. The molecule has 0 amide bonds. The van der Waals surface area contributed by atoms with Crippen LogP contribution in [0.4, 0.5) is 0 Å². The smallest absolute Gasteiger partial charge is 0.0624 e. The summed E-state index contributed by atoms with van der Waals surface area (Å²) in [5.41, 5.74) is 10.4. The Morgan fingerprint density at radius 3 is 0.840 bits per heavy atom.